The predicted octanol–water partition coefficient (Wildman–Crippen LogP) is 2.90. The summed E-state index contributed by atoms with van der Waals surface area (Å²) in [6.45, 7) is 4.29. The molecule has 2 aromatic heterocycles. The fraction of sp³-hybridized carbons (Fsp3) is 0.278. The molecule has 3 aromatic rings. The number of oxazole rings is 1. The molecule has 1 aliphatic rings. The molecule has 25 heavy (non-hydrogen) atoms. The van der Waals surface area contributed by atoms with E-state index in [2.05, 4.69) is 22.2 Å². The maximum Gasteiger partial charge on any atom is 0.273 e. The van der Waals surface area contributed by atoms with Gasteiger partial charge in [0.05, 0.1) is 6.20 Å². The summed E-state index contributed by atoms with van der Waals surface area (Å²) in [7, 11) is 0. The Labute approximate surface area is 149 Å². The lowest BCUT2D eigenvalue weighted by atomic mass is 10.2. The van der Waals surface area contributed by atoms with Crippen molar-refractivity contribution in [1.29, 1.82) is 0 Å². The number of hydrogen-bond donors (Lipinski definition) is 1. The number of aromatic nitrogens is 2. The molecule has 0 bridgehead atoms. The molecule has 0 spiro atoms. The SMILES string of the molecule is C[C@H]1CN(C(=O)c2csc(-c3cnc(-c4ccccc4)o3)n2)CCN1. The van der Waals surface area contributed by atoms with E-state index in [1.807, 2.05) is 35.2 Å². The molecule has 128 valence electrons. The van der Waals surface area contributed by atoms with Crippen LogP contribution < -0.4 is 5.32 Å². The topological polar surface area (TPSA) is 71.3 Å². The molecule has 1 N–H and O–H groups in total. The summed E-state index contributed by atoms with van der Waals surface area (Å²) in [5.74, 6) is 1.10. The van der Waals surface area contributed by atoms with Gasteiger partial charge in [-0.1, -0.05) is 18.2 Å². The van der Waals surface area contributed by atoms with Crippen molar-refractivity contribution in [2.45, 2.75) is 13.0 Å². The molecule has 6 nitrogen and oxygen atoms in total. The van der Waals surface area contributed by atoms with E-state index in [1.165, 1.54) is 11.3 Å². The fourth-order valence-electron chi connectivity index (χ4n) is 2.85. The highest BCUT2D eigenvalue weighted by molar-refractivity contribution is 7.13. The van der Waals surface area contributed by atoms with Gasteiger partial charge < -0.3 is 14.6 Å². The van der Waals surface area contributed by atoms with Crippen LogP contribution in [0.2, 0.25) is 0 Å². The van der Waals surface area contributed by atoms with Gasteiger partial charge in [0.25, 0.3) is 5.91 Å². The highest BCUT2D eigenvalue weighted by atomic mass is 32.1. The third-order valence-electron chi connectivity index (χ3n) is 4.12. The monoisotopic (exact) mass is 354 g/mol. The zero-order chi connectivity index (χ0) is 17.2. The van der Waals surface area contributed by atoms with Crippen molar-refractivity contribution in [1.82, 2.24) is 20.2 Å². The van der Waals surface area contributed by atoms with E-state index in [4.69, 9.17) is 4.42 Å². The van der Waals surface area contributed by atoms with Crippen molar-refractivity contribution in [3.63, 3.8) is 0 Å². The number of piperazine rings is 1. The largest absolute Gasteiger partial charge is 0.434 e. The molecule has 1 saturated heterocycles. The third kappa shape index (κ3) is 3.33. The van der Waals surface area contributed by atoms with Crippen molar-refractivity contribution in [2.24, 2.45) is 0 Å². The highest BCUT2D eigenvalue weighted by Gasteiger charge is 2.24. The van der Waals surface area contributed by atoms with E-state index < -0.39 is 0 Å². The first-order valence-corrected chi connectivity index (χ1v) is 9.08. The Morgan fingerprint density at radius 3 is 3.00 bits per heavy atom. The zero-order valence-electron chi connectivity index (χ0n) is 13.8. The van der Waals surface area contributed by atoms with E-state index >= 15 is 0 Å². The van der Waals surface area contributed by atoms with Crippen molar-refractivity contribution in [3.05, 3.63) is 47.6 Å². The van der Waals surface area contributed by atoms with Gasteiger partial charge in [-0.25, -0.2) is 9.97 Å². The van der Waals surface area contributed by atoms with Crippen LogP contribution in [0.1, 0.15) is 17.4 Å². The van der Waals surface area contributed by atoms with Crippen LogP contribution in [-0.4, -0.2) is 46.5 Å². The van der Waals surface area contributed by atoms with Gasteiger partial charge in [-0.15, -0.1) is 11.3 Å². The predicted molar refractivity (Wildman–Crippen MR) is 96.4 cm³/mol. The summed E-state index contributed by atoms with van der Waals surface area (Å²) < 4.78 is 5.81. The van der Waals surface area contributed by atoms with E-state index in [0.29, 0.717) is 41.5 Å². The quantitative estimate of drug-likeness (QED) is 0.783. The van der Waals surface area contributed by atoms with Crippen LogP contribution in [0.5, 0.6) is 0 Å². The summed E-state index contributed by atoms with van der Waals surface area (Å²) in [6, 6.07) is 10.0. The number of nitrogens with zero attached hydrogens (tertiary/aromatic N) is 3. The van der Waals surface area contributed by atoms with E-state index in [9.17, 15) is 4.79 Å². The van der Waals surface area contributed by atoms with Crippen molar-refractivity contribution in [3.8, 4) is 22.2 Å². The number of nitrogens with one attached hydrogen (secondary N) is 1. The van der Waals surface area contributed by atoms with Crippen LogP contribution in [0.3, 0.4) is 0 Å². The normalized spacial score (nSPS) is 17.6. The van der Waals surface area contributed by atoms with Crippen LogP contribution >= 0.6 is 11.3 Å². The van der Waals surface area contributed by atoms with Gasteiger partial charge in [-0.2, -0.15) is 0 Å². The maximum absolute atomic E-state index is 12.6. The van der Waals surface area contributed by atoms with Gasteiger partial charge in [0.15, 0.2) is 10.8 Å². The maximum atomic E-state index is 12.6. The molecule has 1 aliphatic heterocycles. The summed E-state index contributed by atoms with van der Waals surface area (Å²) >= 11 is 1.40. The smallest absolute Gasteiger partial charge is 0.273 e. The zero-order valence-corrected chi connectivity index (χ0v) is 14.6. The van der Waals surface area contributed by atoms with Crippen LogP contribution in [0.25, 0.3) is 22.2 Å². The molecule has 1 amide bonds. The van der Waals surface area contributed by atoms with Gasteiger partial charge >= 0.3 is 0 Å². The molecular weight excluding hydrogens is 336 g/mol. The Hall–Kier alpha value is -2.51. The molecule has 0 unspecified atom stereocenters. The lowest BCUT2D eigenvalue weighted by Gasteiger charge is -2.31. The standard InChI is InChI=1S/C18H18N4O2S/c1-12-10-22(8-7-19-12)18(23)14-11-25-17(21-14)15-9-20-16(24-15)13-5-3-2-4-6-13/h2-6,9,11-12,19H,7-8,10H2,1H3/t12-/m0/s1. The molecule has 1 atom stereocenters. The first-order chi connectivity index (χ1) is 12.2. The average Bonchev–Trinajstić information content (AvgIpc) is 3.31. The number of benzene rings is 1. The number of amides is 1. The second-order valence-electron chi connectivity index (χ2n) is 6.04. The fourth-order valence-corrected chi connectivity index (χ4v) is 3.59. The second kappa shape index (κ2) is 6.78. The van der Waals surface area contributed by atoms with E-state index in [0.717, 1.165) is 12.1 Å². The minimum Gasteiger partial charge on any atom is -0.434 e. The lowest BCUT2D eigenvalue weighted by molar-refractivity contribution is 0.0704. The Morgan fingerprint density at radius 1 is 1.36 bits per heavy atom. The van der Waals surface area contributed by atoms with Crippen LogP contribution in [0, 0.1) is 0 Å². The molecule has 3 heterocycles. The molecule has 0 aliphatic carbocycles. The first kappa shape index (κ1) is 16.0. The first-order valence-electron chi connectivity index (χ1n) is 8.20. The molecule has 0 radical (unpaired) electrons. The second-order valence-corrected chi connectivity index (χ2v) is 6.90. The van der Waals surface area contributed by atoms with Gasteiger partial charge in [0, 0.05) is 36.6 Å². The number of thiazole rings is 1. The summed E-state index contributed by atoms with van der Waals surface area (Å²) in [5, 5.41) is 5.79. The average molecular weight is 354 g/mol. The Balaban J connectivity index is 1.53. The molecular formula is C18H18N4O2S. The lowest BCUT2D eigenvalue weighted by Crippen LogP contribution is -2.51. The van der Waals surface area contributed by atoms with Crippen LogP contribution in [-0.2, 0) is 0 Å². The van der Waals surface area contributed by atoms with E-state index in [1.54, 1.807) is 11.6 Å². The molecule has 4 rings (SSSR count). The minimum absolute atomic E-state index is 0.0290. The van der Waals surface area contributed by atoms with Crippen LogP contribution in [0.4, 0.5) is 0 Å². The number of carbonyl (C=O) groups excluding carboxylic acids is 1. The van der Waals surface area contributed by atoms with Gasteiger partial charge in [-0.05, 0) is 19.1 Å². The summed E-state index contributed by atoms with van der Waals surface area (Å²) in [4.78, 5) is 23.2. The number of carbonyl (C=O) groups is 1. The van der Waals surface area contributed by atoms with Gasteiger partial charge in [0.2, 0.25) is 5.89 Å². The summed E-state index contributed by atoms with van der Waals surface area (Å²) in [6.07, 6.45) is 1.66. The molecule has 1 aromatic carbocycles. The highest BCUT2D eigenvalue weighted by Crippen LogP contribution is 2.28. The Kier molecular flexibility index (Phi) is 4.33. The Bertz CT molecular complexity index is 874. The molecule has 7 heteroatoms. The minimum atomic E-state index is -0.0290. The number of rotatable bonds is 3. The molecule has 0 saturated carbocycles. The summed E-state index contributed by atoms with van der Waals surface area (Å²) in [5.41, 5.74) is 1.38. The number of hydrogen-bond acceptors (Lipinski definition) is 6. The van der Waals surface area contributed by atoms with Gasteiger partial charge in [0.1, 0.15) is 5.69 Å². The Morgan fingerprint density at radius 2 is 2.20 bits per heavy atom. The van der Waals surface area contributed by atoms with Gasteiger partial charge in [-0.3, -0.25) is 4.79 Å². The van der Waals surface area contributed by atoms with Crippen LogP contribution in [0.15, 0.2) is 46.3 Å². The molecule has 1 fully saturated rings. The van der Waals surface area contributed by atoms with Crippen molar-refractivity contribution < 1.29 is 9.21 Å². The van der Waals surface area contributed by atoms with Crippen molar-refractivity contribution >= 4 is 17.2 Å². The van der Waals surface area contributed by atoms with Crippen molar-refractivity contribution in [2.75, 3.05) is 19.6 Å². The third-order valence-corrected chi connectivity index (χ3v) is 4.97. The van der Waals surface area contributed by atoms with E-state index in [-0.39, 0.29) is 5.91 Å².